The van der Waals surface area contributed by atoms with Gasteiger partial charge in [0.25, 0.3) is 0 Å². The summed E-state index contributed by atoms with van der Waals surface area (Å²) in [5, 5.41) is 2.98. The number of amides is 1. The van der Waals surface area contributed by atoms with Crippen molar-refractivity contribution in [3.05, 3.63) is 90.4 Å². The van der Waals surface area contributed by atoms with Crippen LogP contribution in [0, 0.1) is 0 Å². The zero-order valence-corrected chi connectivity index (χ0v) is 14.0. The van der Waals surface area contributed by atoms with Crippen LogP contribution in [0.3, 0.4) is 0 Å². The highest BCUT2D eigenvalue weighted by atomic mass is 16.1. The highest BCUT2D eigenvalue weighted by Gasteiger charge is 2.09. The molecule has 0 fully saturated rings. The van der Waals surface area contributed by atoms with Gasteiger partial charge in [-0.1, -0.05) is 48.5 Å². The Morgan fingerprint density at radius 3 is 2.68 bits per heavy atom. The minimum atomic E-state index is -0.124. The largest absolute Gasteiger partial charge is 0.346 e. The van der Waals surface area contributed by atoms with Crippen molar-refractivity contribution in [2.75, 3.05) is 0 Å². The molecule has 0 bridgehead atoms. The molecular weight excluding hydrogens is 310 g/mol. The molecule has 0 aliphatic heterocycles. The first kappa shape index (κ1) is 16.6. The third kappa shape index (κ3) is 4.61. The predicted octanol–water partition coefficient (Wildman–Crippen LogP) is 4.03. The van der Waals surface area contributed by atoms with E-state index in [0.717, 1.165) is 22.4 Å². The summed E-state index contributed by atoms with van der Waals surface area (Å²) in [5.41, 5.74) is 3.80. The second-order valence-electron chi connectivity index (χ2n) is 5.69. The predicted molar refractivity (Wildman–Crippen MR) is 99.5 cm³/mol. The zero-order valence-electron chi connectivity index (χ0n) is 14.0. The highest BCUT2D eigenvalue weighted by Crippen LogP contribution is 2.21. The molecule has 1 aromatic heterocycles. The van der Waals surface area contributed by atoms with E-state index in [0.29, 0.717) is 0 Å². The van der Waals surface area contributed by atoms with Gasteiger partial charge in [0.2, 0.25) is 5.91 Å². The quantitative estimate of drug-likeness (QED) is 0.719. The number of nitrogens with one attached hydrogen (secondary N) is 1. The molecule has 2 aromatic carbocycles. The Bertz CT molecular complexity index is 861. The van der Waals surface area contributed by atoms with Gasteiger partial charge in [0.05, 0.1) is 17.9 Å². The van der Waals surface area contributed by atoms with Gasteiger partial charge in [-0.15, -0.1) is 0 Å². The summed E-state index contributed by atoms with van der Waals surface area (Å²) in [6.45, 7) is 1.96. The standard InChI is InChI=1S/C21H19N3O/c1-16(24-21(25)11-10-17-6-3-2-4-7-17)18-8-5-9-19(14-18)20-15-22-12-13-23-20/h2-16H,1H3,(H,24,25). The van der Waals surface area contributed by atoms with Crippen molar-refractivity contribution in [3.63, 3.8) is 0 Å². The Hall–Kier alpha value is -3.27. The lowest BCUT2D eigenvalue weighted by atomic mass is 10.0. The fourth-order valence-corrected chi connectivity index (χ4v) is 2.50. The smallest absolute Gasteiger partial charge is 0.244 e. The van der Waals surface area contributed by atoms with E-state index >= 15 is 0 Å². The molecule has 4 heteroatoms. The van der Waals surface area contributed by atoms with Crippen LogP contribution < -0.4 is 5.32 Å². The molecule has 3 rings (SSSR count). The van der Waals surface area contributed by atoms with Crippen LogP contribution in [0.15, 0.2) is 79.3 Å². The van der Waals surface area contributed by atoms with Gasteiger partial charge >= 0.3 is 0 Å². The lowest BCUT2D eigenvalue weighted by Gasteiger charge is -2.14. The van der Waals surface area contributed by atoms with Gasteiger partial charge in [-0.2, -0.15) is 0 Å². The normalized spacial score (nSPS) is 12.0. The van der Waals surface area contributed by atoms with Gasteiger partial charge in [-0.25, -0.2) is 0 Å². The summed E-state index contributed by atoms with van der Waals surface area (Å²) >= 11 is 0. The zero-order chi connectivity index (χ0) is 17.5. The fourth-order valence-electron chi connectivity index (χ4n) is 2.50. The second-order valence-corrected chi connectivity index (χ2v) is 5.69. The molecule has 0 radical (unpaired) electrons. The summed E-state index contributed by atoms with van der Waals surface area (Å²) in [7, 11) is 0. The molecule has 1 N–H and O–H groups in total. The number of carbonyl (C=O) groups excluding carboxylic acids is 1. The molecule has 1 atom stereocenters. The average Bonchev–Trinajstić information content (AvgIpc) is 2.68. The van der Waals surface area contributed by atoms with Crippen molar-refractivity contribution < 1.29 is 4.79 Å². The number of nitrogens with zero attached hydrogens (tertiary/aromatic N) is 2. The summed E-state index contributed by atoms with van der Waals surface area (Å²) < 4.78 is 0. The van der Waals surface area contributed by atoms with Crippen LogP contribution in [0.4, 0.5) is 0 Å². The van der Waals surface area contributed by atoms with Crippen LogP contribution in [-0.2, 0) is 4.79 Å². The molecule has 4 nitrogen and oxygen atoms in total. The Balaban J connectivity index is 1.68. The third-order valence-corrected chi connectivity index (χ3v) is 3.83. The van der Waals surface area contributed by atoms with Gasteiger partial charge in [0, 0.05) is 24.0 Å². The Morgan fingerprint density at radius 2 is 1.92 bits per heavy atom. The SMILES string of the molecule is CC(NC(=O)C=Cc1ccccc1)c1cccc(-c2cnccn2)c1. The minimum Gasteiger partial charge on any atom is -0.346 e. The van der Waals surface area contributed by atoms with Crippen LogP contribution in [-0.4, -0.2) is 15.9 Å². The van der Waals surface area contributed by atoms with Crippen molar-refractivity contribution in [2.24, 2.45) is 0 Å². The monoisotopic (exact) mass is 329 g/mol. The summed E-state index contributed by atoms with van der Waals surface area (Å²) in [5.74, 6) is -0.124. The molecule has 1 unspecified atom stereocenters. The van der Waals surface area contributed by atoms with Gasteiger partial charge in [0.1, 0.15) is 0 Å². The molecule has 0 spiro atoms. The molecule has 0 saturated carbocycles. The van der Waals surface area contributed by atoms with Crippen molar-refractivity contribution in [2.45, 2.75) is 13.0 Å². The maximum atomic E-state index is 12.1. The molecule has 3 aromatic rings. The maximum absolute atomic E-state index is 12.1. The number of carbonyl (C=O) groups is 1. The number of hydrogen-bond donors (Lipinski definition) is 1. The minimum absolute atomic E-state index is 0.107. The van der Waals surface area contributed by atoms with E-state index in [1.54, 1.807) is 30.7 Å². The van der Waals surface area contributed by atoms with Crippen LogP contribution in [0.25, 0.3) is 17.3 Å². The van der Waals surface area contributed by atoms with E-state index in [1.165, 1.54) is 0 Å². The molecule has 0 aliphatic carbocycles. The number of rotatable bonds is 5. The topological polar surface area (TPSA) is 54.9 Å². The van der Waals surface area contributed by atoms with Gasteiger partial charge < -0.3 is 5.32 Å². The van der Waals surface area contributed by atoms with Crippen LogP contribution in [0.1, 0.15) is 24.1 Å². The van der Waals surface area contributed by atoms with Crippen LogP contribution in [0.2, 0.25) is 0 Å². The molecule has 1 amide bonds. The molecule has 124 valence electrons. The van der Waals surface area contributed by atoms with Crippen molar-refractivity contribution >= 4 is 12.0 Å². The number of hydrogen-bond acceptors (Lipinski definition) is 3. The van der Waals surface area contributed by atoms with E-state index in [2.05, 4.69) is 15.3 Å². The van der Waals surface area contributed by atoms with Crippen molar-refractivity contribution in [3.8, 4) is 11.3 Å². The Labute approximate surface area is 147 Å². The van der Waals surface area contributed by atoms with Gasteiger partial charge in [0.15, 0.2) is 0 Å². The van der Waals surface area contributed by atoms with E-state index in [1.807, 2.05) is 61.5 Å². The van der Waals surface area contributed by atoms with Crippen LogP contribution >= 0.6 is 0 Å². The lowest BCUT2D eigenvalue weighted by Crippen LogP contribution is -2.24. The Kier molecular flexibility index (Phi) is 5.32. The molecule has 0 aliphatic rings. The number of aromatic nitrogens is 2. The Morgan fingerprint density at radius 1 is 1.08 bits per heavy atom. The third-order valence-electron chi connectivity index (χ3n) is 3.83. The van der Waals surface area contributed by atoms with Gasteiger partial charge in [-0.3, -0.25) is 14.8 Å². The van der Waals surface area contributed by atoms with Crippen LogP contribution in [0.5, 0.6) is 0 Å². The highest BCUT2D eigenvalue weighted by molar-refractivity contribution is 5.92. The molecule has 0 saturated heterocycles. The lowest BCUT2D eigenvalue weighted by molar-refractivity contribution is -0.117. The van der Waals surface area contributed by atoms with Crippen molar-refractivity contribution in [1.29, 1.82) is 0 Å². The first-order chi connectivity index (χ1) is 12.2. The molecule has 1 heterocycles. The van der Waals surface area contributed by atoms with Crippen molar-refractivity contribution in [1.82, 2.24) is 15.3 Å². The van der Waals surface area contributed by atoms with E-state index in [4.69, 9.17) is 0 Å². The average molecular weight is 329 g/mol. The summed E-state index contributed by atoms with van der Waals surface area (Å²) in [6, 6.07) is 17.6. The summed E-state index contributed by atoms with van der Waals surface area (Å²) in [6.07, 6.45) is 8.40. The fraction of sp³-hybridized carbons (Fsp3) is 0.0952. The second kappa shape index (κ2) is 8.02. The maximum Gasteiger partial charge on any atom is 0.244 e. The molecular formula is C21H19N3O. The molecule has 25 heavy (non-hydrogen) atoms. The number of benzene rings is 2. The first-order valence-corrected chi connectivity index (χ1v) is 8.12. The van der Waals surface area contributed by atoms with E-state index in [-0.39, 0.29) is 11.9 Å². The summed E-state index contributed by atoms with van der Waals surface area (Å²) in [4.78, 5) is 20.5. The van der Waals surface area contributed by atoms with E-state index < -0.39 is 0 Å². The van der Waals surface area contributed by atoms with E-state index in [9.17, 15) is 4.79 Å². The van der Waals surface area contributed by atoms with Gasteiger partial charge in [-0.05, 0) is 30.2 Å². The first-order valence-electron chi connectivity index (χ1n) is 8.12.